The molecule has 0 unspecified atom stereocenters. The number of ether oxygens (including phenoxy) is 2. The van der Waals surface area contributed by atoms with E-state index in [9.17, 15) is 5.11 Å². The monoisotopic (exact) mass is 434 g/mol. The van der Waals surface area contributed by atoms with Crippen molar-refractivity contribution in [3.8, 4) is 28.6 Å². The summed E-state index contributed by atoms with van der Waals surface area (Å²) < 4.78 is 12.6. The molecule has 1 saturated heterocycles. The second kappa shape index (κ2) is 10.3. The molecule has 1 aromatic heterocycles. The lowest BCUT2D eigenvalue weighted by molar-refractivity contribution is 0.218. The molecule has 1 N–H and O–H groups in total. The predicted molar refractivity (Wildman–Crippen MR) is 126 cm³/mol. The predicted octanol–water partition coefficient (Wildman–Crippen LogP) is 4.32. The average Bonchev–Trinajstić information content (AvgIpc) is 3.25. The molecule has 0 spiro atoms. The molecule has 2 heterocycles. The van der Waals surface area contributed by atoms with Crippen LogP contribution in [0.5, 0.6) is 17.2 Å². The summed E-state index contributed by atoms with van der Waals surface area (Å²) in [5.41, 5.74) is 1.64. The number of para-hydroxylation sites is 1. The van der Waals surface area contributed by atoms with Crippen LogP contribution in [0.4, 0.5) is 0 Å². The van der Waals surface area contributed by atoms with Gasteiger partial charge in [0.05, 0.1) is 26.3 Å². The van der Waals surface area contributed by atoms with Gasteiger partial charge in [-0.05, 0) is 61.8 Å². The molecule has 1 aliphatic rings. The molecule has 1 aliphatic heterocycles. The van der Waals surface area contributed by atoms with Gasteiger partial charge in [-0.25, -0.2) is 9.67 Å². The van der Waals surface area contributed by atoms with Crippen LogP contribution in [-0.4, -0.2) is 58.6 Å². The quantitative estimate of drug-likeness (QED) is 0.569. The van der Waals surface area contributed by atoms with Gasteiger partial charge in [-0.3, -0.25) is 0 Å². The van der Waals surface area contributed by atoms with E-state index in [1.165, 1.54) is 19.3 Å². The maximum atomic E-state index is 10.4. The lowest BCUT2D eigenvalue weighted by Crippen LogP contribution is -2.32. The molecule has 32 heavy (non-hydrogen) atoms. The fourth-order valence-electron chi connectivity index (χ4n) is 3.99. The highest BCUT2D eigenvalue weighted by atomic mass is 16.5. The Morgan fingerprint density at radius 3 is 2.47 bits per heavy atom. The minimum absolute atomic E-state index is 0.203. The molecule has 7 heteroatoms. The molecule has 0 radical (unpaired) electrons. The van der Waals surface area contributed by atoms with Crippen molar-refractivity contribution in [3.05, 3.63) is 53.9 Å². The third-order valence-electron chi connectivity index (χ3n) is 5.74. The minimum atomic E-state index is 0.203. The Labute approximate surface area is 188 Å². The summed E-state index contributed by atoms with van der Waals surface area (Å²) in [6, 6.07) is 13.0. The lowest BCUT2D eigenvalue weighted by atomic mass is 10.1. The van der Waals surface area contributed by atoms with Gasteiger partial charge in [0.1, 0.15) is 5.75 Å². The van der Waals surface area contributed by atoms with Gasteiger partial charge in [-0.1, -0.05) is 30.7 Å². The van der Waals surface area contributed by atoms with Gasteiger partial charge in [0.2, 0.25) is 0 Å². The summed E-state index contributed by atoms with van der Waals surface area (Å²) in [7, 11) is 3.24. The smallest absolute Gasteiger partial charge is 0.174 e. The number of aromatic nitrogens is 3. The second-order valence-electron chi connectivity index (χ2n) is 7.88. The zero-order chi connectivity index (χ0) is 22.3. The topological polar surface area (TPSA) is 72.6 Å². The first-order valence-corrected chi connectivity index (χ1v) is 11.0. The van der Waals surface area contributed by atoms with E-state index in [4.69, 9.17) is 19.6 Å². The number of hydrogen-bond acceptors (Lipinski definition) is 6. The Hall–Kier alpha value is -3.32. The van der Waals surface area contributed by atoms with Crippen molar-refractivity contribution in [3.63, 3.8) is 0 Å². The van der Waals surface area contributed by atoms with Crippen LogP contribution in [0.25, 0.3) is 23.5 Å². The SMILES string of the molecule is COc1ccc(/C=C/c2nc(-c3ccccc3O)n(CCN3CCCCC3)n2)cc1OC. The number of piperidine rings is 1. The van der Waals surface area contributed by atoms with Crippen molar-refractivity contribution in [2.45, 2.75) is 25.8 Å². The summed E-state index contributed by atoms with van der Waals surface area (Å²) in [6.45, 7) is 3.91. The molecular weight excluding hydrogens is 404 g/mol. The van der Waals surface area contributed by atoms with Crippen molar-refractivity contribution in [1.29, 1.82) is 0 Å². The first-order valence-electron chi connectivity index (χ1n) is 11.0. The van der Waals surface area contributed by atoms with Crippen LogP contribution in [0.15, 0.2) is 42.5 Å². The number of nitrogens with zero attached hydrogens (tertiary/aromatic N) is 4. The average molecular weight is 435 g/mol. The van der Waals surface area contributed by atoms with Gasteiger partial charge in [-0.15, -0.1) is 0 Å². The third kappa shape index (κ3) is 5.11. The van der Waals surface area contributed by atoms with Gasteiger partial charge in [0.25, 0.3) is 0 Å². The summed E-state index contributed by atoms with van der Waals surface area (Å²) in [5.74, 6) is 2.83. The summed E-state index contributed by atoms with van der Waals surface area (Å²) in [6.07, 6.45) is 7.64. The first kappa shape index (κ1) is 21.9. The molecule has 7 nitrogen and oxygen atoms in total. The van der Waals surface area contributed by atoms with E-state index in [1.807, 2.05) is 53.2 Å². The Bertz CT molecular complexity index is 1070. The van der Waals surface area contributed by atoms with Gasteiger partial charge < -0.3 is 19.5 Å². The largest absolute Gasteiger partial charge is 0.507 e. The van der Waals surface area contributed by atoms with Crippen molar-refractivity contribution < 1.29 is 14.6 Å². The van der Waals surface area contributed by atoms with Crippen LogP contribution in [0, 0.1) is 0 Å². The minimum Gasteiger partial charge on any atom is -0.507 e. The zero-order valence-corrected chi connectivity index (χ0v) is 18.7. The third-order valence-corrected chi connectivity index (χ3v) is 5.74. The number of phenolic OH excluding ortho intramolecular Hbond substituents is 1. The lowest BCUT2D eigenvalue weighted by Gasteiger charge is -2.26. The maximum absolute atomic E-state index is 10.4. The number of aromatic hydroxyl groups is 1. The highest BCUT2D eigenvalue weighted by Crippen LogP contribution is 2.29. The van der Waals surface area contributed by atoms with Crippen molar-refractivity contribution in [2.75, 3.05) is 33.9 Å². The summed E-state index contributed by atoms with van der Waals surface area (Å²) in [5, 5.41) is 15.1. The van der Waals surface area contributed by atoms with E-state index >= 15 is 0 Å². The maximum Gasteiger partial charge on any atom is 0.174 e. The fraction of sp³-hybridized carbons (Fsp3) is 0.360. The number of benzene rings is 2. The van der Waals surface area contributed by atoms with Crippen LogP contribution in [0.3, 0.4) is 0 Å². The van der Waals surface area contributed by atoms with Crippen molar-refractivity contribution in [1.82, 2.24) is 19.7 Å². The number of likely N-dealkylation sites (tertiary alicyclic amines) is 1. The summed E-state index contributed by atoms with van der Waals surface area (Å²) >= 11 is 0. The Kier molecular flexibility index (Phi) is 7.07. The number of methoxy groups -OCH3 is 2. The molecular formula is C25H30N4O3. The van der Waals surface area contributed by atoms with Gasteiger partial charge in [0.15, 0.2) is 23.1 Å². The Morgan fingerprint density at radius 1 is 0.938 bits per heavy atom. The zero-order valence-electron chi connectivity index (χ0n) is 18.7. The number of phenols is 1. The van der Waals surface area contributed by atoms with E-state index < -0.39 is 0 Å². The van der Waals surface area contributed by atoms with Crippen molar-refractivity contribution in [2.24, 2.45) is 0 Å². The van der Waals surface area contributed by atoms with Crippen LogP contribution in [-0.2, 0) is 6.54 Å². The number of hydrogen-bond donors (Lipinski definition) is 1. The number of rotatable bonds is 8. The van der Waals surface area contributed by atoms with E-state index in [-0.39, 0.29) is 5.75 Å². The molecule has 0 bridgehead atoms. The van der Waals surface area contributed by atoms with E-state index in [0.717, 1.165) is 31.7 Å². The molecule has 1 fully saturated rings. The summed E-state index contributed by atoms with van der Waals surface area (Å²) in [4.78, 5) is 7.20. The molecule has 2 aromatic carbocycles. The highest BCUT2D eigenvalue weighted by molar-refractivity contribution is 5.70. The van der Waals surface area contributed by atoms with Gasteiger partial charge in [-0.2, -0.15) is 5.10 Å². The fourth-order valence-corrected chi connectivity index (χ4v) is 3.99. The first-order chi connectivity index (χ1) is 15.7. The normalized spacial score (nSPS) is 14.7. The van der Waals surface area contributed by atoms with Crippen LogP contribution < -0.4 is 9.47 Å². The highest BCUT2D eigenvalue weighted by Gasteiger charge is 2.16. The molecule has 0 aliphatic carbocycles. The standard InChI is InChI=1S/C25H30N4O3/c1-31-22-12-10-19(18-23(22)32-2)11-13-24-26-25(20-8-4-5-9-21(20)30)29(27-24)17-16-28-14-6-3-7-15-28/h4-5,8-13,18,30H,3,6-7,14-17H2,1-2H3/b13-11+. The molecule has 3 aromatic rings. The van der Waals surface area contributed by atoms with E-state index in [1.54, 1.807) is 20.3 Å². The van der Waals surface area contributed by atoms with E-state index in [2.05, 4.69) is 4.90 Å². The van der Waals surface area contributed by atoms with Crippen molar-refractivity contribution >= 4 is 12.2 Å². The Balaban J connectivity index is 1.59. The Morgan fingerprint density at radius 2 is 1.72 bits per heavy atom. The molecule has 0 atom stereocenters. The molecule has 4 rings (SSSR count). The van der Waals surface area contributed by atoms with Crippen LogP contribution in [0.2, 0.25) is 0 Å². The van der Waals surface area contributed by atoms with Gasteiger partial charge >= 0.3 is 0 Å². The molecule has 168 valence electrons. The molecule has 0 amide bonds. The second-order valence-corrected chi connectivity index (χ2v) is 7.88. The van der Waals surface area contributed by atoms with Gasteiger partial charge in [0, 0.05) is 6.54 Å². The van der Waals surface area contributed by atoms with Crippen LogP contribution in [0.1, 0.15) is 30.7 Å². The van der Waals surface area contributed by atoms with E-state index in [0.29, 0.717) is 28.7 Å². The molecule has 0 saturated carbocycles. The van der Waals surface area contributed by atoms with Crippen LogP contribution >= 0.6 is 0 Å².